The normalized spacial score (nSPS) is 26.9. The summed E-state index contributed by atoms with van der Waals surface area (Å²) in [5.41, 5.74) is 0. The number of hydrogen-bond donors (Lipinski definition) is 0. The van der Waals surface area contributed by atoms with Gasteiger partial charge in [0.1, 0.15) is 0 Å². The van der Waals surface area contributed by atoms with E-state index in [9.17, 15) is 4.79 Å². The summed E-state index contributed by atoms with van der Waals surface area (Å²) in [7, 11) is -2.63. The van der Waals surface area contributed by atoms with Crippen LogP contribution in [-0.2, 0) is 18.8 Å². The molecule has 0 amide bonds. The van der Waals surface area contributed by atoms with Crippen LogP contribution in [0.5, 0.6) is 0 Å². The lowest BCUT2D eigenvalue weighted by Crippen LogP contribution is -2.69. The Bertz CT molecular complexity index is 906. The van der Waals surface area contributed by atoms with Crippen molar-refractivity contribution >= 4 is 24.7 Å². The highest BCUT2D eigenvalue weighted by Crippen LogP contribution is 2.44. The first-order valence-corrected chi connectivity index (χ1v) is 14.5. The van der Waals surface area contributed by atoms with Crippen molar-refractivity contribution in [1.29, 1.82) is 0 Å². The zero-order valence-electron chi connectivity index (χ0n) is 21.2. The topological polar surface area (TPSA) is 48.0 Å². The molecule has 6 heteroatoms. The van der Waals surface area contributed by atoms with E-state index in [2.05, 4.69) is 93.4 Å². The SMILES string of the molecule is CC(=O)OCCC[C@H]1[C@@H]2[C@@H](O[Si](c3ccccc3)(c3ccccc3)C(C)(C)C)CCN1O[C@@H]2C. The second kappa shape index (κ2) is 10.3. The Balaban J connectivity index is 1.68. The molecule has 0 saturated carbocycles. The summed E-state index contributed by atoms with van der Waals surface area (Å²) in [6, 6.07) is 22.0. The van der Waals surface area contributed by atoms with Crippen LogP contribution in [0.15, 0.2) is 60.7 Å². The van der Waals surface area contributed by atoms with Crippen LogP contribution in [-0.4, -0.2) is 50.8 Å². The lowest BCUT2D eigenvalue weighted by molar-refractivity contribution is -0.160. The summed E-state index contributed by atoms with van der Waals surface area (Å²) in [5, 5.41) is 4.73. The van der Waals surface area contributed by atoms with Gasteiger partial charge >= 0.3 is 5.97 Å². The number of hydrogen-bond acceptors (Lipinski definition) is 5. The van der Waals surface area contributed by atoms with Crippen LogP contribution in [0.25, 0.3) is 0 Å². The van der Waals surface area contributed by atoms with Gasteiger partial charge in [0.05, 0.1) is 18.8 Å². The van der Waals surface area contributed by atoms with Crippen molar-refractivity contribution < 1.29 is 18.8 Å². The predicted molar refractivity (Wildman–Crippen MR) is 138 cm³/mol. The fraction of sp³-hybridized carbons (Fsp3) is 0.536. The molecule has 5 nitrogen and oxygen atoms in total. The third-order valence-electron chi connectivity index (χ3n) is 7.42. The molecular weight excluding hydrogens is 442 g/mol. The Morgan fingerprint density at radius 2 is 1.65 bits per heavy atom. The molecule has 4 rings (SSSR count). The highest BCUT2D eigenvalue weighted by molar-refractivity contribution is 6.99. The van der Waals surface area contributed by atoms with Gasteiger partial charge in [0, 0.05) is 25.4 Å². The van der Waals surface area contributed by atoms with Gasteiger partial charge in [-0.15, -0.1) is 0 Å². The number of fused-ring (bicyclic) bond motifs is 2. The average molecular weight is 482 g/mol. The van der Waals surface area contributed by atoms with Gasteiger partial charge in [-0.3, -0.25) is 9.63 Å². The second-order valence-electron chi connectivity index (χ2n) is 10.7. The highest BCUT2D eigenvalue weighted by Gasteiger charge is 2.56. The number of piperidine rings is 1. The molecule has 2 aromatic carbocycles. The maximum absolute atomic E-state index is 11.2. The molecule has 0 radical (unpaired) electrons. The molecule has 184 valence electrons. The van der Waals surface area contributed by atoms with E-state index < -0.39 is 8.32 Å². The van der Waals surface area contributed by atoms with E-state index >= 15 is 0 Å². The number of esters is 1. The minimum absolute atomic E-state index is 0.0552. The fourth-order valence-corrected chi connectivity index (χ4v) is 10.7. The Morgan fingerprint density at radius 1 is 1.06 bits per heavy atom. The molecule has 0 aliphatic carbocycles. The van der Waals surface area contributed by atoms with Gasteiger partial charge in [-0.1, -0.05) is 81.4 Å². The molecule has 2 saturated heterocycles. The van der Waals surface area contributed by atoms with Gasteiger partial charge in [0.25, 0.3) is 8.32 Å². The molecule has 2 heterocycles. The van der Waals surface area contributed by atoms with Crippen LogP contribution in [0.1, 0.15) is 53.9 Å². The van der Waals surface area contributed by atoms with E-state index in [-0.39, 0.29) is 35.2 Å². The highest BCUT2D eigenvalue weighted by atomic mass is 28.4. The van der Waals surface area contributed by atoms with Gasteiger partial charge < -0.3 is 9.16 Å². The summed E-state index contributed by atoms with van der Waals surface area (Å²) < 4.78 is 12.7. The number of benzene rings is 2. The summed E-state index contributed by atoms with van der Waals surface area (Å²) in [5.74, 6) is 0.0668. The summed E-state index contributed by atoms with van der Waals surface area (Å²) >= 11 is 0. The van der Waals surface area contributed by atoms with Gasteiger partial charge in [-0.05, 0) is 41.6 Å². The zero-order valence-corrected chi connectivity index (χ0v) is 22.2. The lowest BCUT2D eigenvalue weighted by atomic mass is 9.83. The summed E-state index contributed by atoms with van der Waals surface area (Å²) in [6.07, 6.45) is 2.94. The number of nitrogens with zero attached hydrogens (tertiary/aromatic N) is 1. The number of hydroxylamine groups is 2. The smallest absolute Gasteiger partial charge is 0.302 e. The number of carbonyl (C=O) groups is 1. The van der Waals surface area contributed by atoms with E-state index in [1.165, 1.54) is 17.3 Å². The van der Waals surface area contributed by atoms with Crippen molar-refractivity contribution in [2.75, 3.05) is 13.2 Å². The minimum Gasteiger partial charge on any atom is -0.466 e. The van der Waals surface area contributed by atoms with Gasteiger partial charge in [-0.2, -0.15) is 5.06 Å². The Kier molecular flexibility index (Phi) is 7.62. The van der Waals surface area contributed by atoms with Crippen LogP contribution in [0.2, 0.25) is 5.04 Å². The van der Waals surface area contributed by atoms with Crippen LogP contribution in [0, 0.1) is 5.92 Å². The summed E-state index contributed by atoms with van der Waals surface area (Å²) in [6.45, 7) is 12.0. The zero-order chi connectivity index (χ0) is 24.3. The van der Waals surface area contributed by atoms with E-state index in [0.29, 0.717) is 6.61 Å². The molecule has 0 aromatic heterocycles. The monoisotopic (exact) mass is 481 g/mol. The average Bonchev–Trinajstić information content (AvgIpc) is 3.02. The number of rotatable bonds is 8. The van der Waals surface area contributed by atoms with E-state index in [4.69, 9.17) is 14.0 Å². The standard InChI is InChI=1S/C28H39NO4Si/c1-21-27-25(17-12-20-31-22(2)30)29(32-21)19-18-26(27)33-34(28(3,4)5,23-13-8-6-9-14-23)24-15-10-7-11-16-24/h6-11,13-16,21,25-27H,12,17-20H2,1-5H3/t21-,25+,26+,27-/m1/s1. The maximum Gasteiger partial charge on any atom is 0.302 e. The third-order valence-corrected chi connectivity index (χ3v) is 12.5. The van der Waals surface area contributed by atoms with Crippen LogP contribution < -0.4 is 10.4 Å². The first-order valence-electron chi connectivity index (χ1n) is 12.6. The van der Waals surface area contributed by atoms with Gasteiger partial charge in [0.15, 0.2) is 0 Å². The Hall–Kier alpha value is -1.99. The molecule has 0 spiro atoms. The third kappa shape index (κ3) is 4.87. The molecule has 34 heavy (non-hydrogen) atoms. The first kappa shape index (κ1) is 25.1. The molecule has 1 unspecified atom stereocenters. The van der Waals surface area contributed by atoms with Crippen LogP contribution >= 0.6 is 0 Å². The molecular formula is C28H39NO4Si. The molecule has 2 bridgehead atoms. The van der Waals surface area contributed by atoms with Gasteiger partial charge in [0.2, 0.25) is 0 Å². The van der Waals surface area contributed by atoms with Crippen molar-refractivity contribution in [3.05, 3.63) is 60.7 Å². The quantitative estimate of drug-likeness (QED) is 0.320. The first-order chi connectivity index (χ1) is 16.2. The molecule has 2 fully saturated rings. The van der Waals surface area contributed by atoms with Crippen molar-refractivity contribution in [2.45, 2.75) is 77.2 Å². The van der Waals surface area contributed by atoms with E-state index in [0.717, 1.165) is 25.8 Å². The molecule has 2 aromatic rings. The number of ether oxygens (including phenoxy) is 1. The molecule has 0 N–H and O–H groups in total. The largest absolute Gasteiger partial charge is 0.466 e. The Labute approximate surface area is 205 Å². The van der Waals surface area contributed by atoms with Crippen LogP contribution in [0.4, 0.5) is 0 Å². The van der Waals surface area contributed by atoms with Crippen molar-refractivity contribution in [2.24, 2.45) is 5.92 Å². The summed E-state index contributed by atoms with van der Waals surface area (Å²) in [4.78, 5) is 17.5. The lowest BCUT2D eigenvalue weighted by Gasteiger charge is -2.48. The van der Waals surface area contributed by atoms with E-state index in [1.54, 1.807) is 0 Å². The minimum atomic E-state index is -2.63. The van der Waals surface area contributed by atoms with Crippen molar-refractivity contribution in [3.63, 3.8) is 0 Å². The van der Waals surface area contributed by atoms with Crippen molar-refractivity contribution in [1.82, 2.24) is 5.06 Å². The fourth-order valence-electron chi connectivity index (χ4n) is 5.98. The molecule has 2 aliphatic heterocycles. The number of carbonyl (C=O) groups excluding carboxylic acids is 1. The van der Waals surface area contributed by atoms with Crippen molar-refractivity contribution in [3.8, 4) is 0 Å². The Morgan fingerprint density at radius 3 is 2.18 bits per heavy atom. The van der Waals surface area contributed by atoms with Crippen LogP contribution in [0.3, 0.4) is 0 Å². The van der Waals surface area contributed by atoms with Gasteiger partial charge in [-0.25, -0.2) is 0 Å². The molecule has 2 aliphatic rings. The molecule has 5 atom stereocenters. The maximum atomic E-state index is 11.2. The second-order valence-corrected chi connectivity index (χ2v) is 14.9. The predicted octanol–water partition coefficient (Wildman–Crippen LogP) is 4.30. The van der Waals surface area contributed by atoms with E-state index in [1.807, 2.05) is 0 Å².